The zero-order chi connectivity index (χ0) is 13.1. The molecule has 1 aliphatic rings. The summed E-state index contributed by atoms with van der Waals surface area (Å²) in [6.07, 6.45) is 0.101. The van der Waals surface area contributed by atoms with Crippen LogP contribution in [0.1, 0.15) is 30.9 Å². The number of carbonyl (C=O) groups is 1. The van der Waals surface area contributed by atoms with Crippen LogP contribution in [0.4, 0.5) is 0 Å². The quantitative estimate of drug-likeness (QED) is 0.886. The number of carboxylic acid groups (broad SMARTS) is 1. The molecule has 0 aliphatic carbocycles. The van der Waals surface area contributed by atoms with E-state index in [0.29, 0.717) is 13.2 Å². The molecule has 1 fully saturated rings. The first kappa shape index (κ1) is 13.1. The van der Waals surface area contributed by atoms with Gasteiger partial charge in [0, 0.05) is 12.6 Å². The van der Waals surface area contributed by atoms with Gasteiger partial charge in [-0.05, 0) is 26.0 Å². The molecule has 0 amide bonds. The summed E-state index contributed by atoms with van der Waals surface area (Å²) < 4.78 is 11.0. The SMILES string of the molecule is Cc1ccc(C(C)N2CCOCC2CC(=O)O)o1. The minimum atomic E-state index is -0.793. The van der Waals surface area contributed by atoms with Crippen LogP contribution in [-0.4, -0.2) is 41.8 Å². The van der Waals surface area contributed by atoms with Crippen molar-refractivity contribution in [2.24, 2.45) is 0 Å². The molecule has 2 unspecified atom stereocenters. The molecule has 1 aliphatic heterocycles. The summed E-state index contributed by atoms with van der Waals surface area (Å²) in [4.78, 5) is 13.0. The van der Waals surface area contributed by atoms with Crippen molar-refractivity contribution >= 4 is 5.97 Å². The Labute approximate surface area is 106 Å². The fourth-order valence-electron chi connectivity index (χ4n) is 2.40. The Kier molecular flexibility index (Phi) is 4.04. The third-order valence-electron chi connectivity index (χ3n) is 3.35. The third-order valence-corrected chi connectivity index (χ3v) is 3.35. The number of rotatable bonds is 4. The summed E-state index contributed by atoms with van der Waals surface area (Å²) in [6, 6.07) is 3.87. The predicted octanol–water partition coefficient (Wildman–Crippen LogP) is 1.82. The highest BCUT2D eigenvalue weighted by molar-refractivity contribution is 5.67. The monoisotopic (exact) mass is 253 g/mol. The van der Waals surface area contributed by atoms with Crippen molar-refractivity contribution in [1.29, 1.82) is 0 Å². The average Bonchev–Trinajstić information content (AvgIpc) is 2.75. The van der Waals surface area contributed by atoms with E-state index in [1.807, 2.05) is 26.0 Å². The Morgan fingerprint density at radius 2 is 2.39 bits per heavy atom. The molecule has 5 heteroatoms. The van der Waals surface area contributed by atoms with E-state index >= 15 is 0 Å². The van der Waals surface area contributed by atoms with Crippen molar-refractivity contribution in [3.63, 3.8) is 0 Å². The smallest absolute Gasteiger partial charge is 0.305 e. The van der Waals surface area contributed by atoms with Crippen molar-refractivity contribution in [2.75, 3.05) is 19.8 Å². The van der Waals surface area contributed by atoms with Gasteiger partial charge < -0.3 is 14.3 Å². The third kappa shape index (κ3) is 2.91. The fraction of sp³-hybridized carbons (Fsp3) is 0.615. The van der Waals surface area contributed by atoms with Gasteiger partial charge in [-0.25, -0.2) is 0 Å². The van der Waals surface area contributed by atoms with Crippen LogP contribution < -0.4 is 0 Å². The van der Waals surface area contributed by atoms with E-state index in [0.717, 1.165) is 18.1 Å². The average molecular weight is 253 g/mol. The van der Waals surface area contributed by atoms with Crippen molar-refractivity contribution < 1.29 is 19.1 Å². The Bertz CT molecular complexity index is 415. The topological polar surface area (TPSA) is 62.9 Å². The number of hydrogen-bond donors (Lipinski definition) is 1. The van der Waals surface area contributed by atoms with Crippen LogP contribution >= 0.6 is 0 Å². The Balaban J connectivity index is 2.10. The van der Waals surface area contributed by atoms with Gasteiger partial charge in [0.1, 0.15) is 11.5 Å². The van der Waals surface area contributed by atoms with Crippen LogP contribution in [0.15, 0.2) is 16.5 Å². The van der Waals surface area contributed by atoms with Gasteiger partial charge in [-0.1, -0.05) is 0 Å². The van der Waals surface area contributed by atoms with Crippen LogP contribution in [0.2, 0.25) is 0 Å². The van der Waals surface area contributed by atoms with Gasteiger partial charge in [-0.2, -0.15) is 0 Å². The molecule has 0 aromatic carbocycles. The highest BCUT2D eigenvalue weighted by Gasteiger charge is 2.30. The van der Waals surface area contributed by atoms with E-state index in [2.05, 4.69) is 4.90 Å². The molecule has 0 bridgehead atoms. The van der Waals surface area contributed by atoms with Crippen molar-refractivity contribution in [2.45, 2.75) is 32.4 Å². The molecule has 1 N–H and O–H groups in total. The van der Waals surface area contributed by atoms with Crippen LogP contribution in [0, 0.1) is 6.92 Å². The maximum Gasteiger partial charge on any atom is 0.305 e. The second-order valence-electron chi connectivity index (χ2n) is 4.69. The number of aliphatic carboxylic acids is 1. The number of hydrogen-bond acceptors (Lipinski definition) is 4. The molecule has 0 saturated carbocycles. The van der Waals surface area contributed by atoms with Crippen LogP contribution in [0.3, 0.4) is 0 Å². The Morgan fingerprint density at radius 1 is 1.61 bits per heavy atom. The Morgan fingerprint density at radius 3 is 3.00 bits per heavy atom. The molecule has 2 atom stereocenters. The lowest BCUT2D eigenvalue weighted by atomic mass is 10.1. The van der Waals surface area contributed by atoms with Crippen molar-refractivity contribution in [3.8, 4) is 0 Å². The van der Waals surface area contributed by atoms with E-state index in [-0.39, 0.29) is 18.5 Å². The maximum absolute atomic E-state index is 10.9. The highest BCUT2D eigenvalue weighted by Crippen LogP contribution is 2.26. The predicted molar refractivity (Wildman–Crippen MR) is 65.4 cm³/mol. The molecule has 2 heterocycles. The zero-order valence-electron chi connectivity index (χ0n) is 10.8. The molecule has 0 radical (unpaired) electrons. The lowest BCUT2D eigenvalue weighted by molar-refractivity contribution is -0.141. The number of carboxylic acids is 1. The lowest BCUT2D eigenvalue weighted by Gasteiger charge is -2.38. The standard InChI is InChI=1S/C13H19NO4/c1-9-3-4-12(18-9)10(2)14-5-6-17-8-11(14)7-13(15)16/h3-4,10-11H,5-8H2,1-2H3,(H,15,16). The zero-order valence-corrected chi connectivity index (χ0v) is 10.8. The first-order valence-electron chi connectivity index (χ1n) is 6.19. The van der Waals surface area contributed by atoms with Crippen LogP contribution in [0.25, 0.3) is 0 Å². The minimum Gasteiger partial charge on any atom is -0.481 e. The van der Waals surface area contributed by atoms with Crippen LogP contribution in [0.5, 0.6) is 0 Å². The first-order chi connectivity index (χ1) is 8.58. The Hall–Kier alpha value is -1.33. The van der Waals surface area contributed by atoms with Gasteiger partial charge in [0.05, 0.1) is 25.7 Å². The first-order valence-corrected chi connectivity index (χ1v) is 6.19. The number of furan rings is 1. The van der Waals surface area contributed by atoms with E-state index in [4.69, 9.17) is 14.3 Å². The van der Waals surface area contributed by atoms with Crippen molar-refractivity contribution in [3.05, 3.63) is 23.7 Å². The molecule has 100 valence electrons. The normalized spacial score (nSPS) is 22.9. The van der Waals surface area contributed by atoms with Gasteiger partial charge in [0.2, 0.25) is 0 Å². The molecule has 1 aromatic heterocycles. The van der Waals surface area contributed by atoms with E-state index in [1.165, 1.54) is 0 Å². The van der Waals surface area contributed by atoms with Gasteiger partial charge >= 0.3 is 5.97 Å². The summed E-state index contributed by atoms with van der Waals surface area (Å²) in [6.45, 7) is 5.79. The molecular formula is C13H19NO4. The molecule has 1 aromatic rings. The summed E-state index contributed by atoms with van der Waals surface area (Å²) in [5.74, 6) is 0.961. The van der Waals surface area contributed by atoms with Gasteiger partial charge in [-0.3, -0.25) is 9.69 Å². The second kappa shape index (κ2) is 5.54. The number of aryl methyl sites for hydroxylation is 1. The molecule has 5 nitrogen and oxygen atoms in total. The fourth-order valence-corrected chi connectivity index (χ4v) is 2.40. The molecule has 1 saturated heterocycles. The van der Waals surface area contributed by atoms with E-state index in [1.54, 1.807) is 0 Å². The molecular weight excluding hydrogens is 234 g/mol. The second-order valence-corrected chi connectivity index (χ2v) is 4.69. The number of nitrogens with zero attached hydrogens (tertiary/aromatic N) is 1. The van der Waals surface area contributed by atoms with Gasteiger partial charge in [-0.15, -0.1) is 0 Å². The minimum absolute atomic E-state index is 0.0759. The summed E-state index contributed by atoms with van der Waals surface area (Å²) in [7, 11) is 0. The lowest BCUT2D eigenvalue weighted by Crippen LogP contribution is -2.47. The van der Waals surface area contributed by atoms with Gasteiger partial charge in [0.15, 0.2) is 0 Å². The van der Waals surface area contributed by atoms with Crippen molar-refractivity contribution in [1.82, 2.24) is 4.90 Å². The van der Waals surface area contributed by atoms with E-state index < -0.39 is 5.97 Å². The maximum atomic E-state index is 10.9. The van der Waals surface area contributed by atoms with Gasteiger partial charge in [0.25, 0.3) is 0 Å². The summed E-state index contributed by atoms with van der Waals surface area (Å²) in [5.41, 5.74) is 0. The summed E-state index contributed by atoms with van der Waals surface area (Å²) >= 11 is 0. The molecule has 18 heavy (non-hydrogen) atoms. The molecule has 2 rings (SSSR count). The largest absolute Gasteiger partial charge is 0.481 e. The highest BCUT2D eigenvalue weighted by atomic mass is 16.5. The molecule has 0 spiro atoms. The number of ether oxygens (including phenoxy) is 1. The summed E-state index contributed by atoms with van der Waals surface area (Å²) in [5, 5.41) is 8.93. The van der Waals surface area contributed by atoms with E-state index in [9.17, 15) is 4.79 Å². The number of morpholine rings is 1. The van der Waals surface area contributed by atoms with Crippen LogP contribution in [-0.2, 0) is 9.53 Å².